The maximum absolute atomic E-state index is 11.9. The molecule has 2 N–H and O–H groups in total. The van der Waals surface area contributed by atoms with Gasteiger partial charge in [0.25, 0.3) is 5.91 Å². The van der Waals surface area contributed by atoms with Crippen LogP contribution in [0, 0.1) is 0 Å². The average molecular weight is 353 g/mol. The van der Waals surface area contributed by atoms with Crippen LogP contribution in [0.3, 0.4) is 0 Å². The van der Waals surface area contributed by atoms with E-state index in [0.29, 0.717) is 0 Å². The van der Waals surface area contributed by atoms with E-state index in [1.807, 2.05) is 0 Å². The first-order valence-corrected chi connectivity index (χ1v) is 7.14. The number of carbonyl (C=O) groups excluding carboxylic acids is 2. The minimum Gasteiger partial charge on any atom is -0.508 e. The Bertz CT molecular complexity index is 740. The molecule has 0 heterocycles. The van der Waals surface area contributed by atoms with Gasteiger partial charge in [-0.25, -0.2) is 4.79 Å². The fraction of sp³-hybridized carbons (Fsp3) is 0.176. The lowest BCUT2D eigenvalue weighted by molar-refractivity contribution is -0.140. The van der Waals surface area contributed by atoms with Gasteiger partial charge in [0.05, 0.1) is 5.56 Å². The molecule has 0 atom stereocenters. The number of hydrogen-bond donors (Lipinski definition) is 2. The van der Waals surface area contributed by atoms with Crippen LogP contribution < -0.4 is 5.32 Å². The van der Waals surface area contributed by atoms with Gasteiger partial charge in [0.2, 0.25) is 0 Å². The number of rotatable bonds is 5. The third kappa shape index (κ3) is 5.83. The van der Waals surface area contributed by atoms with Crippen LogP contribution in [-0.4, -0.2) is 36.3 Å². The number of phenols is 1. The summed E-state index contributed by atoms with van der Waals surface area (Å²) < 4.78 is 40.5. The van der Waals surface area contributed by atoms with E-state index in [2.05, 4.69) is 4.74 Å². The summed E-state index contributed by atoms with van der Waals surface area (Å²) >= 11 is 0. The smallest absolute Gasteiger partial charge is 0.405 e. The van der Waals surface area contributed by atoms with Crippen molar-refractivity contribution in [3.8, 4) is 16.9 Å². The highest BCUT2D eigenvalue weighted by Crippen LogP contribution is 2.22. The van der Waals surface area contributed by atoms with Gasteiger partial charge in [0.15, 0.2) is 6.61 Å². The van der Waals surface area contributed by atoms with Crippen molar-refractivity contribution < 1.29 is 32.6 Å². The number of hydrogen-bond acceptors (Lipinski definition) is 4. The molecule has 2 aromatic rings. The monoisotopic (exact) mass is 353 g/mol. The number of nitrogens with one attached hydrogen (secondary N) is 1. The minimum atomic E-state index is -4.52. The second kappa shape index (κ2) is 7.69. The van der Waals surface area contributed by atoms with Crippen molar-refractivity contribution in [1.29, 1.82) is 0 Å². The Labute approximate surface area is 141 Å². The molecule has 0 fully saturated rings. The van der Waals surface area contributed by atoms with Gasteiger partial charge in [0.1, 0.15) is 12.3 Å². The van der Waals surface area contributed by atoms with Crippen LogP contribution in [0.2, 0.25) is 0 Å². The first-order valence-electron chi connectivity index (χ1n) is 7.14. The molecular weight excluding hydrogens is 339 g/mol. The maximum Gasteiger partial charge on any atom is 0.405 e. The predicted octanol–water partition coefficient (Wildman–Crippen LogP) is 2.89. The van der Waals surface area contributed by atoms with Gasteiger partial charge in [0, 0.05) is 0 Å². The Balaban J connectivity index is 1.90. The van der Waals surface area contributed by atoms with Crippen LogP contribution in [0.1, 0.15) is 10.4 Å². The fourth-order valence-corrected chi connectivity index (χ4v) is 1.92. The van der Waals surface area contributed by atoms with Gasteiger partial charge >= 0.3 is 12.1 Å². The second-order valence-electron chi connectivity index (χ2n) is 5.09. The van der Waals surface area contributed by atoms with Crippen LogP contribution in [-0.2, 0) is 9.53 Å². The van der Waals surface area contributed by atoms with E-state index >= 15 is 0 Å². The summed E-state index contributed by atoms with van der Waals surface area (Å²) in [6.07, 6.45) is -4.52. The molecule has 25 heavy (non-hydrogen) atoms. The molecular formula is C17H14F3NO4. The molecule has 0 aliphatic carbocycles. The summed E-state index contributed by atoms with van der Waals surface area (Å²) in [5, 5.41) is 10.9. The molecule has 2 rings (SSSR count). The maximum atomic E-state index is 11.9. The molecule has 0 bridgehead atoms. The van der Waals surface area contributed by atoms with E-state index < -0.39 is 31.2 Å². The zero-order valence-electron chi connectivity index (χ0n) is 12.8. The molecule has 0 unspecified atom stereocenters. The second-order valence-corrected chi connectivity index (χ2v) is 5.09. The van der Waals surface area contributed by atoms with Crippen molar-refractivity contribution in [1.82, 2.24) is 5.32 Å². The SMILES string of the molecule is O=C(COC(=O)c1ccc(-c2ccc(O)cc2)cc1)NCC(F)(F)F. The highest BCUT2D eigenvalue weighted by Gasteiger charge is 2.27. The van der Waals surface area contributed by atoms with Gasteiger partial charge in [-0.15, -0.1) is 0 Å². The Hall–Kier alpha value is -3.03. The van der Waals surface area contributed by atoms with Crippen molar-refractivity contribution in [3.05, 3.63) is 54.1 Å². The van der Waals surface area contributed by atoms with E-state index in [-0.39, 0.29) is 11.3 Å². The summed E-state index contributed by atoms with van der Waals surface area (Å²) in [7, 11) is 0. The molecule has 0 aliphatic heterocycles. The van der Waals surface area contributed by atoms with Crippen LogP contribution >= 0.6 is 0 Å². The molecule has 0 radical (unpaired) electrons. The third-order valence-electron chi connectivity index (χ3n) is 3.14. The van der Waals surface area contributed by atoms with Gasteiger partial charge in [-0.3, -0.25) is 4.79 Å². The summed E-state index contributed by atoms with van der Waals surface area (Å²) in [5.74, 6) is -1.72. The zero-order valence-corrected chi connectivity index (χ0v) is 12.8. The molecule has 0 saturated heterocycles. The van der Waals surface area contributed by atoms with Crippen molar-refractivity contribution in [2.45, 2.75) is 6.18 Å². The van der Waals surface area contributed by atoms with E-state index in [9.17, 15) is 27.9 Å². The van der Waals surface area contributed by atoms with Crippen LogP contribution in [0.15, 0.2) is 48.5 Å². The summed E-state index contributed by atoms with van der Waals surface area (Å²) in [6.45, 7) is -2.28. The first kappa shape index (κ1) is 18.3. The standard InChI is InChI=1S/C17H14F3NO4/c18-17(19,20)10-21-15(23)9-25-16(24)13-3-1-11(2-4-13)12-5-7-14(22)8-6-12/h1-8,22H,9-10H2,(H,21,23). The lowest BCUT2D eigenvalue weighted by Gasteiger charge is -2.09. The summed E-state index contributed by atoms with van der Waals surface area (Å²) in [6, 6.07) is 12.7. The van der Waals surface area contributed by atoms with E-state index in [1.54, 1.807) is 29.6 Å². The minimum absolute atomic E-state index is 0.132. The number of phenolic OH excluding ortho intramolecular Hbond substituents is 1. The zero-order chi connectivity index (χ0) is 18.4. The average Bonchev–Trinajstić information content (AvgIpc) is 2.58. The highest BCUT2D eigenvalue weighted by molar-refractivity contribution is 5.91. The number of benzene rings is 2. The van der Waals surface area contributed by atoms with Crippen LogP contribution in [0.5, 0.6) is 5.75 Å². The van der Waals surface area contributed by atoms with Crippen molar-refractivity contribution in [2.24, 2.45) is 0 Å². The molecule has 0 saturated carbocycles. The Morgan fingerprint density at radius 3 is 2.00 bits per heavy atom. The predicted molar refractivity (Wildman–Crippen MR) is 82.9 cm³/mol. The first-order chi connectivity index (χ1) is 11.7. The van der Waals surface area contributed by atoms with Crippen molar-refractivity contribution >= 4 is 11.9 Å². The molecule has 0 aromatic heterocycles. The lowest BCUT2D eigenvalue weighted by Crippen LogP contribution is -2.36. The number of aromatic hydroxyl groups is 1. The highest BCUT2D eigenvalue weighted by atomic mass is 19.4. The van der Waals surface area contributed by atoms with Crippen molar-refractivity contribution in [3.63, 3.8) is 0 Å². The molecule has 5 nitrogen and oxygen atoms in total. The number of ether oxygens (including phenoxy) is 1. The van der Waals surface area contributed by atoms with Gasteiger partial charge in [-0.2, -0.15) is 13.2 Å². The van der Waals surface area contributed by atoms with E-state index in [4.69, 9.17) is 0 Å². The number of halogens is 3. The fourth-order valence-electron chi connectivity index (χ4n) is 1.92. The molecule has 2 aromatic carbocycles. The topological polar surface area (TPSA) is 75.6 Å². The van der Waals surface area contributed by atoms with Crippen LogP contribution in [0.4, 0.5) is 13.2 Å². The number of alkyl halides is 3. The quantitative estimate of drug-likeness (QED) is 0.811. The summed E-state index contributed by atoms with van der Waals surface area (Å²) in [4.78, 5) is 23.0. The molecule has 8 heteroatoms. The van der Waals surface area contributed by atoms with Gasteiger partial charge in [-0.05, 0) is 35.4 Å². The normalized spacial score (nSPS) is 11.0. The van der Waals surface area contributed by atoms with E-state index in [1.165, 1.54) is 24.3 Å². The van der Waals surface area contributed by atoms with Crippen molar-refractivity contribution in [2.75, 3.05) is 13.2 Å². The number of carbonyl (C=O) groups is 2. The number of esters is 1. The van der Waals surface area contributed by atoms with Gasteiger partial charge < -0.3 is 15.2 Å². The Morgan fingerprint density at radius 2 is 1.48 bits per heavy atom. The Kier molecular flexibility index (Phi) is 5.63. The van der Waals surface area contributed by atoms with Crippen LogP contribution in [0.25, 0.3) is 11.1 Å². The molecule has 1 amide bonds. The lowest BCUT2D eigenvalue weighted by atomic mass is 10.0. The molecule has 0 aliphatic rings. The Morgan fingerprint density at radius 1 is 0.960 bits per heavy atom. The summed E-state index contributed by atoms with van der Waals surface area (Å²) in [5.41, 5.74) is 1.77. The molecule has 0 spiro atoms. The largest absolute Gasteiger partial charge is 0.508 e. The van der Waals surface area contributed by atoms with Gasteiger partial charge in [-0.1, -0.05) is 24.3 Å². The third-order valence-corrected chi connectivity index (χ3v) is 3.14. The number of amides is 1. The van der Waals surface area contributed by atoms with E-state index in [0.717, 1.165) is 11.1 Å². The molecule has 132 valence electrons.